The van der Waals surface area contributed by atoms with Gasteiger partial charge in [0.05, 0.1) is 6.07 Å². The summed E-state index contributed by atoms with van der Waals surface area (Å²) in [5.74, 6) is 0. The van der Waals surface area contributed by atoms with E-state index in [2.05, 4.69) is 72.8 Å². The highest BCUT2D eigenvalue weighted by molar-refractivity contribution is 6.07. The molecule has 0 aromatic heterocycles. The quantitative estimate of drug-likeness (QED) is 0.438. The molecule has 0 aliphatic carbocycles. The summed E-state index contributed by atoms with van der Waals surface area (Å²) in [7, 11) is 0. The van der Waals surface area contributed by atoms with Crippen molar-refractivity contribution < 1.29 is 0 Å². The van der Waals surface area contributed by atoms with Gasteiger partial charge in [0.15, 0.2) is 0 Å². The molecule has 4 rings (SSSR count). The Morgan fingerprint density at radius 3 is 2.09 bits per heavy atom. The molecule has 0 fully saturated rings. The van der Waals surface area contributed by atoms with Gasteiger partial charge in [-0.05, 0) is 62.5 Å². The van der Waals surface area contributed by atoms with Crippen molar-refractivity contribution in [3.63, 3.8) is 0 Å². The van der Waals surface area contributed by atoms with Crippen LogP contribution in [0.4, 0.5) is 0 Å². The Balaban J connectivity index is 2.14. The summed E-state index contributed by atoms with van der Waals surface area (Å²) in [5, 5.41) is 16.5. The van der Waals surface area contributed by atoms with E-state index >= 15 is 0 Å². The van der Waals surface area contributed by atoms with E-state index in [0.29, 0.717) is 6.42 Å². The van der Waals surface area contributed by atoms with Crippen molar-refractivity contribution in [3.8, 4) is 6.07 Å². The van der Waals surface area contributed by atoms with Crippen LogP contribution in [0.25, 0.3) is 32.3 Å². The molecule has 104 valence electrons. The second-order valence-corrected chi connectivity index (χ2v) is 5.65. The van der Waals surface area contributed by atoms with Crippen molar-refractivity contribution in [1.82, 2.24) is 0 Å². The van der Waals surface area contributed by atoms with Gasteiger partial charge >= 0.3 is 0 Å². The lowest BCUT2D eigenvalue weighted by Gasteiger charge is -2.12. The summed E-state index contributed by atoms with van der Waals surface area (Å²) < 4.78 is 0. The highest BCUT2D eigenvalue weighted by Crippen LogP contribution is 2.32. The maximum absolute atomic E-state index is 8.99. The molecule has 0 heterocycles. The van der Waals surface area contributed by atoms with Crippen LogP contribution in [-0.4, -0.2) is 0 Å². The van der Waals surface area contributed by atoms with Crippen molar-refractivity contribution >= 4 is 32.3 Å². The zero-order valence-electron chi connectivity index (χ0n) is 12.2. The summed E-state index contributed by atoms with van der Waals surface area (Å²) in [6.45, 7) is 0. The minimum Gasteiger partial charge on any atom is -0.198 e. The standard InChI is InChI=1S/C21H15N/c22-11-5-10-20-19-9-4-3-8-17(19)13-18-12-15-6-1-2-7-16(15)14-21(18)20/h1-4,6-9,12-14H,5,10H2. The van der Waals surface area contributed by atoms with Crippen molar-refractivity contribution in [2.75, 3.05) is 0 Å². The van der Waals surface area contributed by atoms with Gasteiger partial charge in [-0.15, -0.1) is 0 Å². The molecule has 0 bridgehead atoms. The second kappa shape index (κ2) is 5.16. The summed E-state index contributed by atoms with van der Waals surface area (Å²) in [4.78, 5) is 0. The van der Waals surface area contributed by atoms with Crippen LogP contribution in [0.5, 0.6) is 0 Å². The van der Waals surface area contributed by atoms with Crippen molar-refractivity contribution in [2.45, 2.75) is 12.8 Å². The summed E-state index contributed by atoms with van der Waals surface area (Å²) in [6, 6.07) is 26.0. The van der Waals surface area contributed by atoms with Gasteiger partial charge in [0.25, 0.3) is 0 Å². The first-order chi connectivity index (χ1) is 10.9. The van der Waals surface area contributed by atoms with Crippen molar-refractivity contribution in [3.05, 3.63) is 72.3 Å². The van der Waals surface area contributed by atoms with E-state index in [1.165, 1.54) is 37.9 Å². The summed E-state index contributed by atoms with van der Waals surface area (Å²) >= 11 is 0. The third-order valence-corrected chi connectivity index (χ3v) is 4.33. The lowest BCUT2D eigenvalue weighted by molar-refractivity contribution is 1.03. The Labute approximate surface area is 129 Å². The fourth-order valence-electron chi connectivity index (χ4n) is 3.30. The Hall–Kier alpha value is -2.85. The zero-order valence-corrected chi connectivity index (χ0v) is 12.2. The first kappa shape index (κ1) is 12.9. The first-order valence-corrected chi connectivity index (χ1v) is 7.57. The Morgan fingerprint density at radius 2 is 1.32 bits per heavy atom. The number of nitriles is 1. The Kier molecular flexibility index (Phi) is 3.02. The van der Waals surface area contributed by atoms with Crippen LogP contribution in [0.1, 0.15) is 12.0 Å². The summed E-state index contributed by atoms with van der Waals surface area (Å²) in [5.41, 5.74) is 1.29. The average Bonchev–Trinajstić information content (AvgIpc) is 2.57. The number of hydrogen-bond donors (Lipinski definition) is 0. The van der Waals surface area contributed by atoms with Crippen LogP contribution >= 0.6 is 0 Å². The lowest BCUT2D eigenvalue weighted by Crippen LogP contribution is -1.90. The molecule has 1 heteroatoms. The topological polar surface area (TPSA) is 23.8 Å². The molecule has 0 radical (unpaired) electrons. The zero-order chi connectivity index (χ0) is 14.9. The number of benzene rings is 4. The number of nitrogens with zero attached hydrogens (tertiary/aromatic N) is 1. The van der Waals surface area contributed by atoms with E-state index < -0.39 is 0 Å². The minimum absolute atomic E-state index is 0.552. The molecule has 0 saturated heterocycles. The third-order valence-electron chi connectivity index (χ3n) is 4.33. The molecule has 22 heavy (non-hydrogen) atoms. The van der Waals surface area contributed by atoms with Gasteiger partial charge in [0, 0.05) is 6.42 Å². The molecule has 1 nitrogen and oxygen atoms in total. The van der Waals surface area contributed by atoms with Crippen LogP contribution in [0, 0.1) is 11.3 Å². The van der Waals surface area contributed by atoms with Crippen LogP contribution in [0.15, 0.2) is 66.7 Å². The fourth-order valence-corrected chi connectivity index (χ4v) is 3.30. The van der Waals surface area contributed by atoms with Crippen LogP contribution in [0.3, 0.4) is 0 Å². The highest BCUT2D eigenvalue weighted by Gasteiger charge is 2.08. The number of hydrogen-bond acceptors (Lipinski definition) is 1. The molecule has 4 aromatic carbocycles. The largest absolute Gasteiger partial charge is 0.198 e. The predicted molar refractivity (Wildman–Crippen MR) is 92.9 cm³/mol. The Bertz CT molecular complexity index is 1030. The molecule has 0 saturated carbocycles. The van der Waals surface area contributed by atoms with Gasteiger partial charge in [-0.3, -0.25) is 0 Å². The van der Waals surface area contributed by atoms with Gasteiger partial charge in [-0.2, -0.15) is 5.26 Å². The van der Waals surface area contributed by atoms with Crippen LogP contribution < -0.4 is 0 Å². The monoisotopic (exact) mass is 281 g/mol. The van der Waals surface area contributed by atoms with Gasteiger partial charge in [0.1, 0.15) is 0 Å². The molecular weight excluding hydrogens is 266 g/mol. The van der Waals surface area contributed by atoms with E-state index in [0.717, 1.165) is 6.42 Å². The van der Waals surface area contributed by atoms with E-state index in [4.69, 9.17) is 5.26 Å². The van der Waals surface area contributed by atoms with Crippen LogP contribution in [-0.2, 0) is 6.42 Å². The van der Waals surface area contributed by atoms with Crippen molar-refractivity contribution in [1.29, 1.82) is 5.26 Å². The minimum atomic E-state index is 0.552. The maximum atomic E-state index is 8.99. The van der Waals surface area contributed by atoms with Crippen molar-refractivity contribution in [2.24, 2.45) is 0 Å². The third kappa shape index (κ3) is 2.01. The predicted octanol–water partition coefficient (Wildman–Crippen LogP) is 5.60. The normalized spacial score (nSPS) is 11.0. The van der Waals surface area contributed by atoms with Gasteiger partial charge in [-0.1, -0.05) is 48.5 Å². The molecular formula is C21H15N. The lowest BCUT2D eigenvalue weighted by atomic mass is 9.92. The SMILES string of the molecule is N#CCCc1c2ccccc2cc2cc3ccccc3cc12. The molecule has 0 unspecified atom stereocenters. The molecule has 0 N–H and O–H groups in total. The van der Waals surface area contributed by atoms with E-state index in [1.807, 2.05) is 0 Å². The van der Waals surface area contributed by atoms with E-state index in [9.17, 15) is 0 Å². The second-order valence-electron chi connectivity index (χ2n) is 5.65. The first-order valence-electron chi connectivity index (χ1n) is 7.57. The van der Waals surface area contributed by atoms with E-state index in [-0.39, 0.29) is 0 Å². The van der Waals surface area contributed by atoms with Gasteiger partial charge in [-0.25, -0.2) is 0 Å². The van der Waals surface area contributed by atoms with Crippen LogP contribution in [0.2, 0.25) is 0 Å². The summed E-state index contributed by atoms with van der Waals surface area (Å²) in [6.07, 6.45) is 1.35. The average molecular weight is 281 g/mol. The Morgan fingerprint density at radius 1 is 0.682 bits per heavy atom. The highest BCUT2D eigenvalue weighted by atomic mass is 14.2. The fraction of sp³-hybridized carbons (Fsp3) is 0.0952. The van der Waals surface area contributed by atoms with Gasteiger partial charge in [0.2, 0.25) is 0 Å². The molecule has 4 aromatic rings. The smallest absolute Gasteiger partial charge is 0.0625 e. The maximum Gasteiger partial charge on any atom is 0.0625 e. The molecule has 0 atom stereocenters. The molecule has 0 aliphatic rings. The number of fused-ring (bicyclic) bond motifs is 3. The number of rotatable bonds is 2. The van der Waals surface area contributed by atoms with Gasteiger partial charge < -0.3 is 0 Å². The molecule has 0 aliphatic heterocycles. The number of aryl methyl sites for hydroxylation is 1. The molecule has 0 amide bonds. The van der Waals surface area contributed by atoms with E-state index in [1.54, 1.807) is 0 Å². The molecule has 0 spiro atoms.